The third-order valence-electron chi connectivity index (χ3n) is 1.91. The van der Waals surface area contributed by atoms with Crippen molar-refractivity contribution in [1.82, 2.24) is 20.4 Å². The second-order valence-corrected chi connectivity index (χ2v) is 3.94. The number of aromatic nitrogens is 4. The van der Waals surface area contributed by atoms with Crippen molar-refractivity contribution in [3.8, 4) is 0 Å². The fourth-order valence-corrected chi connectivity index (χ4v) is 1.37. The molecule has 5 heteroatoms. The number of aliphatic hydroxyl groups is 1. The molecule has 0 atom stereocenters. The lowest BCUT2D eigenvalue weighted by atomic mass is 10.0. The van der Waals surface area contributed by atoms with Crippen LogP contribution in [0.3, 0.4) is 0 Å². The number of H-pyrrole nitrogens is 1. The molecule has 2 rings (SSSR count). The highest BCUT2D eigenvalue weighted by Crippen LogP contribution is 2.16. The van der Waals surface area contributed by atoms with Gasteiger partial charge in [-0.3, -0.25) is 4.98 Å². The topological polar surface area (TPSA) is 74.7 Å². The molecular formula is C9H12N4O. The summed E-state index contributed by atoms with van der Waals surface area (Å²) in [5.41, 5.74) is 1.50. The van der Waals surface area contributed by atoms with Crippen molar-refractivity contribution >= 4 is 11.0 Å². The third kappa shape index (κ3) is 1.72. The van der Waals surface area contributed by atoms with Crippen molar-refractivity contribution in [2.24, 2.45) is 0 Å². The minimum absolute atomic E-state index is 0.469. The molecule has 0 aliphatic rings. The summed E-state index contributed by atoms with van der Waals surface area (Å²) in [6.07, 6.45) is 2.14. The Hall–Kier alpha value is -1.49. The monoisotopic (exact) mass is 192 g/mol. The average Bonchev–Trinajstić information content (AvgIpc) is 2.49. The van der Waals surface area contributed by atoms with Gasteiger partial charge in [0.2, 0.25) is 0 Å². The summed E-state index contributed by atoms with van der Waals surface area (Å²) in [5, 5.41) is 20.2. The van der Waals surface area contributed by atoms with Crippen LogP contribution in [0.15, 0.2) is 12.3 Å². The van der Waals surface area contributed by atoms with Gasteiger partial charge in [-0.05, 0) is 19.9 Å². The standard InChI is InChI=1S/C9H12N4O/c1-9(2,14)5-7-8-6(3-4-10-7)11-13-12-8/h3-4,14H,5H2,1-2H3,(H,11,12,13). The van der Waals surface area contributed by atoms with E-state index in [0.29, 0.717) is 6.42 Å². The fourth-order valence-electron chi connectivity index (χ4n) is 1.37. The van der Waals surface area contributed by atoms with Gasteiger partial charge in [0.1, 0.15) is 11.0 Å². The molecule has 2 aromatic heterocycles. The van der Waals surface area contributed by atoms with Crippen LogP contribution in [0.1, 0.15) is 19.5 Å². The SMILES string of the molecule is CC(C)(O)Cc1nccc2n[nH]nc12. The zero-order chi connectivity index (χ0) is 10.2. The molecule has 0 unspecified atom stereocenters. The molecular weight excluding hydrogens is 180 g/mol. The normalized spacial score (nSPS) is 12.2. The maximum Gasteiger partial charge on any atom is 0.134 e. The van der Waals surface area contributed by atoms with E-state index in [4.69, 9.17) is 0 Å². The molecule has 2 aromatic rings. The number of hydrogen-bond acceptors (Lipinski definition) is 4. The van der Waals surface area contributed by atoms with E-state index in [9.17, 15) is 5.11 Å². The van der Waals surface area contributed by atoms with Crippen LogP contribution in [0.5, 0.6) is 0 Å². The predicted molar refractivity (Wildman–Crippen MR) is 51.7 cm³/mol. The Kier molecular flexibility index (Phi) is 1.96. The third-order valence-corrected chi connectivity index (χ3v) is 1.91. The van der Waals surface area contributed by atoms with Gasteiger partial charge in [0, 0.05) is 12.6 Å². The molecule has 2 heterocycles. The second-order valence-electron chi connectivity index (χ2n) is 3.94. The highest BCUT2D eigenvalue weighted by molar-refractivity contribution is 5.75. The quantitative estimate of drug-likeness (QED) is 0.733. The van der Waals surface area contributed by atoms with Crippen LogP contribution in [-0.2, 0) is 6.42 Å². The Labute approximate surface area is 81.2 Å². The van der Waals surface area contributed by atoms with Gasteiger partial charge in [-0.1, -0.05) is 0 Å². The lowest BCUT2D eigenvalue weighted by Gasteiger charge is -2.15. The van der Waals surface area contributed by atoms with Crippen LogP contribution in [0.2, 0.25) is 0 Å². The van der Waals surface area contributed by atoms with Gasteiger partial charge in [0.25, 0.3) is 0 Å². The number of aromatic amines is 1. The molecule has 0 bridgehead atoms. The first-order valence-corrected chi connectivity index (χ1v) is 4.43. The largest absolute Gasteiger partial charge is 0.390 e. The molecule has 0 saturated carbocycles. The van der Waals surface area contributed by atoms with Crippen molar-refractivity contribution in [3.05, 3.63) is 18.0 Å². The van der Waals surface area contributed by atoms with Crippen molar-refractivity contribution < 1.29 is 5.11 Å². The maximum absolute atomic E-state index is 9.67. The number of fused-ring (bicyclic) bond motifs is 1. The molecule has 14 heavy (non-hydrogen) atoms. The van der Waals surface area contributed by atoms with Crippen LogP contribution < -0.4 is 0 Å². The van der Waals surface area contributed by atoms with Crippen molar-refractivity contribution in [1.29, 1.82) is 0 Å². The molecule has 0 aromatic carbocycles. The molecule has 0 spiro atoms. The van der Waals surface area contributed by atoms with Crippen LogP contribution in [0.25, 0.3) is 11.0 Å². The van der Waals surface area contributed by atoms with Gasteiger partial charge < -0.3 is 5.11 Å². The van der Waals surface area contributed by atoms with E-state index in [2.05, 4.69) is 20.4 Å². The Balaban J connectivity index is 2.46. The maximum atomic E-state index is 9.67. The Morgan fingerprint density at radius 1 is 1.43 bits per heavy atom. The number of rotatable bonds is 2. The van der Waals surface area contributed by atoms with E-state index < -0.39 is 5.60 Å². The van der Waals surface area contributed by atoms with E-state index in [-0.39, 0.29) is 0 Å². The minimum atomic E-state index is -0.778. The molecule has 2 N–H and O–H groups in total. The van der Waals surface area contributed by atoms with E-state index in [1.54, 1.807) is 26.1 Å². The second kappa shape index (κ2) is 3.02. The summed E-state index contributed by atoms with van der Waals surface area (Å²) in [4.78, 5) is 4.18. The van der Waals surface area contributed by atoms with E-state index in [1.807, 2.05) is 0 Å². The lowest BCUT2D eigenvalue weighted by molar-refractivity contribution is 0.0803. The molecule has 0 fully saturated rings. The molecule has 0 saturated heterocycles. The summed E-state index contributed by atoms with van der Waals surface area (Å²) in [5.74, 6) is 0. The number of hydrogen-bond donors (Lipinski definition) is 2. The van der Waals surface area contributed by atoms with Crippen molar-refractivity contribution in [2.45, 2.75) is 25.9 Å². The first-order valence-electron chi connectivity index (χ1n) is 4.43. The molecule has 0 aliphatic carbocycles. The van der Waals surface area contributed by atoms with Crippen LogP contribution in [0.4, 0.5) is 0 Å². The van der Waals surface area contributed by atoms with Gasteiger partial charge in [0.05, 0.1) is 11.3 Å². The molecule has 74 valence electrons. The van der Waals surface area contributed by atoms with Crippen LogP contribution in [-0.4, -0.2) is 31.1 Å². The lowest BCUT2D eigenvalue weighted by Crippen LogP contribution is -2.22. The van der Waals surface area contributed by atoms with Gasteiger partial charge in [-0.15, -0.1) is 0 Å². The summed E-state index contributed by atoms with van der Waals surface area (Å²) < 4.78 is 0. The van der Waals surface area contributed by atoms with Gasteiger partial charge in [-0.25, -0.2) is 0 Å². The summed E-state index contributed by atoms with van der Waals surface area (Å²) in [6.45, 7) is 3.49. The molecule has 0 aliphatic heterocycles. The fraction of sp³-hybridized carbons (Fsp3) is 0.444. The molecule has 0 radical (unpaired) electrons. The summed E-state index contributed by atoms with van der Waals surface area (Å²) >= 11 is 0. The first-order chi connectivity index (χ1) is 6.56. The van der Waals surface area contributed by atoms with Crippen LogP contribution >= 0.6 is 0 Å². The summed E-state index contributed by atoms with van der Waals surface area (Å²) in [6, 6.07) is 1.78. The highest BCUT2D eigenvalue weighted by atomic mass is 16.3. The number of pyridine rings is 1. The zero-order valence-corrected chi connectivity index (χ0v) is 8.15. The Bertz CT molecular complexity index is 443. The Morgan fingerprint density at radius 3 is 2.93 bits per heavy atom. The first kappa shape index (κ1) is 9.08. The van der Waals surface area contributed by atoms with Gasteiger partial charge >= 0.3 is 0 Å². The van der Waals surface area contributed by atoms with E-state index in [1.165, 1.54) is 0 Å². The predicted octanol–water partition coefficient (Wildman–Crippen LogP) is 0.666. The summed E-state index contributed by atoms with van der Waals surface area (Å²) in [7, 11) is 0. The number of nitrogens with one attached hydrogen (secondary N) is 1. The highest BCUT2D eigenvalue weighted by Gasteiger charge is 2.17. The molecule has 5 nitrogen and oxygen atoms in total. The van der Waals surface area contributed by atoms with Crippen molar-refractivity contribution in [2.75, 3.05) is 0 Å². The number of nitrogens with zero attached hydrogens (tertiary/aromatic N) is 3. The van der Waals surface area contributed by atoms with Crippen molar-refractivity contribution in [3.63, 3.8) is 0 Å². The van der Waals surface area contributed by atoms with Gasteiger partial charge in [-0.2, -0.15) is 15.4 Å². The molecule has 0 amide bonds. The zero-order valence-electron chi connectivity index (χ0n) is 8.15. The minimum Gasteiger partial charge on any atom is -0.390 e. The van der Waals surface area contributed by atoms with E-state index >= 15 is 0 Å². The van der Waals surface area contributed by atoms with Gasteiger partial charge in [0.15, 0.2) is 0 Å². The smallest absolute Gasteiger partial charge is 0.134 e. The Morgan fingerprint density at radius 2 is 2.21 bits per heavy atom. The average molecular weight is 192 g/mol. The van der Waals surface area contributed by atoms with E-state index in [0.717, 1.165) is 16.7 Å². The van der Waals surface area contributed by atoms with Crippen LogP contribution in [0, 0.1) is 0 Å².